The first-order chi connectivity index (χ1) is 16.5. The van der Waals surface area contributed by atoms with Crippen LogP contribution in [0.25, 0.3) is 10.8 Å². The van der Waals surface area contributed by atoms with Gasteiger partial charge in [-0.2, -0.15) is 0 Å². The monoisotopic (exact) mass is 459 g/mol. The lowest BCUT2D eigenvalue weighted by atomic mass is 10.0. The summed E-state index contributed by atoms with van der Waals surface area (Å²) < 4.78 is 0. The van der Waals surface area contributed by atoms with Crippen LogP contribution in [0.5, 0.6) is 0 Å². The largest absolute Gasteiger partial charge is 0.394 e. The second-order valence-corrected chi connectivity index (χ2v) is 8.53. The Morgan fingerprint density at radius 1 is 0.912 bits per heavy atom. The average Bonchev–Trinajstić information content (AvgIpc) is 2.87. The Bertz CT molecular complexity index is 1180. The second-order valence-electron chi connectivity index (χ2n) is 8.53. The Morgan fingerprint density at radius 3 is 2.26 bits per heavy atom. The van der Waals surface area contributed by atoms with E-state index in [0.29, 0.717) is 31.7 Å². The molecule has 0 aromatic heterocycles. The number of nitrogens with one attached hydrogen (secondary N) is 1. The zero-order chi connectivity index (χ0) is 24.1. The lowest BCUT2D eigenvalue weighted by Gasteiger charge is -2.37. The molecule has 34 heavy (non-hydrogen) atoms. The van der Waals surface area contributed by atoms with E-state index in [9.17, 15) is 19.5 Å². The van der Waals surface area contributed by atoms with Gasteiger partial charge in [-0.3, -0.25) is 14.4 Å². The quantitative estimate of drug-likeness (QED) is 0.530. The number of benzene rings is 3. The third-order valence-electron chi connectivity index (χ3n) is 6.28. The van der Waals surface area contributed by atoms with Crippen LogP contribution in [-0.4, -0.2) is 66.4 Å². The summed E-state index contributed by atoms with van der Waals surface area (Å²) >= 11 is 0. The highest BCUT2D eigenvalue weighted by Gasteiger charge is 2.28. The van der Waals surface area contributed by atoms with Gasteiger partial charge in [0.25, 0.3) is 0 Å². The van der Waals surface area contributed by atoms with Crippen LogP contribution in [0.2, 0.25) is 0 Å². The molecule has 7 heteroatoms. The number of rotatable bonds is 7. The van der Waals surface area contributed by atoms with E-state index in [1.165, 1.54) is 6.92 Å². The Balaban J connectivity index is 1.33. The standard InChI is InChI=1S/C27H29N3O4/c1-19(32)20-9-11-23(12-10-20)29-13-15-30(16-14-29)27(34)25(18-31)28-26(33)17-22-7-4-6-21-5-2-3-8-24(21)22/h2-12,25,31H,13-18H2,1H3,(H,28,33). The molecule has 1 atom stereocenters. The molecule has 4 rings (SSSR count). The van der Waals surface area contributed by atoms with Crippen molar-refractivity contribution in [1.82, 2.24) is 10.2 Å². The van der Waals surface area contributed by atoms with Gasteiger partial charge < -0.3 is 20.2 Å². The maximum absolute atomic E-state index is 13.0. The minimum atomic E-state index is -0.969. The fraction of sp³-hybridized carbons (Fsp3) is 0.296. The number of hydrogen-bond acceptors (Lipinski definition) is 5. The van der Waals surface area contributed by atoms with E-state index in [2.05, 4.69) is 10.2 Å². The van der Waals surface area contributed by atoms with Crippen molar-refractivity contribution in [3.8, 4) is 0 Å². The van der Waals surface area contributed by atoms with Crippen molar-refractivity contribution in [1.29, 1.82) is 0 Å². The number of nitrogens with zero attached hydrogens (tertiary/aromatic N) is 2. The van der Waals surface area contributed by atoms with Gasteiger partial charge in [0.15, 0.2) is 5.78 Å². The van der Waals surface area contributed by atoms with Crippen LogP contribution in [0, 0.1) is 0 Å². The molecule has 0 spiro atoms. The second kappa shape index (κ2) is 10.5. The van der Waals surface area contributed by atoms with Gasteiger partial charge >= 0.3 is 0 Å². The van der Waals surface area contributed by atoms with Gasteiger partial charge in [-0.25, -0.2) is 0 Å². The van der Waals surface area contributed by atoms with Crippen LogP contribution in [0.1, 0.15) is 22.8 Å². The molecule has 1 aliphatic rings. The van der Waals surface area contributed by atoms with Crippen molar-refractivity contribution in [3.05, 3.63) is 77.9 Å². The van der Waals surface area contributed by atoms with Crippen molar-refractivity contribution in [2.24, 2.45) is 0 Å². The van der Waals surface area contributed by atoms with Crippen LogP contribution >= 0.6 is 0 Å². The van der Waals surface area contributed by atoms with E-state index in [1.54, 1.807) is 4.90 Å². The third-order valence-corrected chi connectivity index (χ3v) is 6.28. The van der Waals surface area contributed by atoms with Crippen molar-refractivity contribution >= 4 is 34.1 Å². The van der Waals surface area contributed by atoms with Crippen molar-refractivity contribution < 1.29 is 19.5 Å². The molecule has 7 nitrogen and oxygen atoms in total. The number of amides is 2. The van der Waals surface area contributed by atoms with Gasteiger partial charge in [0, 0.05) is 37.4 Å². The fourth-order valence-corrected chi connectivity index (χ4v) is 4.36. The molecule has 3 aromatic rings. The summed E-state index contributed by atoms with van der Waals surface area (Å²) in [6, 6.07) is 20.1. The molecule has 2 N–H and O–H groups in total. The van der Waals surface area contributed by atoms with Crippen LogP contribution in [0.15, 0.2) is 66.7 Å². The molecule has 1 heterocycles. The summed E-state index contributed by atoms with van der Waals surface area (Å²) in [4.78, 5) is 41.0. The van der Waals surface area contributed by atoms with Crippen LogP contribution < -0.4 is 10.2 Å². The van der Waals surface area contributed by atoms with Gasteiger partial charge in [-0.1, -0.05) is 42.5 Å². The number of aliphatic hydroxyl groups is 1. The first-order valence-corrected chi connectivity index (χ1v) is 11.5. The zero-order valence-electron chi connectivity index (χ0n) is 19.2. The summed E-state index contributed by atoms with van der Waals surface area (Å²) in [6.45, 7) is 3.33. The minimum absolute atomic E-state index is 0.0273. The SMILES string of the molecule is CC(=O)c1ccc(N2CCN(C(=O)C(CO)NC(=O)Cc3cccc4ccccc34)CC2)cc1. The Labute approximate surface area is 199 Å². The smallest absolute Gasteiger partial charge is 0.247 e. The topological polar surface area (TPSA) is 90.0 Å². The summed E-state index contributed by atoms with van der Waals surface area (Å²) in [5.74, 6) is -0.548. The third kappa shape index (κ3) is 5.26. The first-order valence-electron chi connectivity index (χ1n) is 11.5. The Morgan fingerprint density at radius 2 is 1.59 bits per heavy atom. The lowest BCUT2D eigenvalue weighted by molar-refractivity contribution is -0.137. The van der Waals surface area contributed by atoms with Gasteiger partial charge in [-0.05, 0) is 47.5 Å². The summed E-state index contributed by atoms with van der Waals surface area (Å²) in [6.07, 6.45) is 0.134. The molecule has 1 aliphatic heterocycles. The van der Waals surface area contributed by atoms with E-state index in [1.807, 2.05) is 66.7 Å². The molecule has 176 valence electrons. The maximum atomic E-state index is 13.0. The van der Waals surface area contributed by atoms with Gasteiger partial charge in [0.1, 0.15) is 6.04 Å². The summed E-state index contributed by atoms with van der Waals surface area (Å²) in [5, 5.41) is 14.6. The van der Waals surface area contributed by atoms with Crippen molar-refractivity contribution in [3.63, 3.8) is 0 Å². The molecule has 2 amide bonds. The predicted octanol–water partition coefficient (Wildman–Crippen LogP) is 2.41. The van der Waals surface area contributed by atoms with E-state index in [-0.39, 0.29) is 24.0 Å². The van der Waals surface area contributed by atoms with Gasteiger partial charge in [0.2, 0.25) is 11.8 Å². The van der Waals surface area contributed by atoms with E-state index < -0.39 is 12.6 Å². The Kier molecular flexibility index (Phi) is 7.23. The molecule has 1 unspecified atom stereocenters. The molecule has 0 bridgehead atoms. The molecule has 3 aromatic carbocycles. The normalized spacial score (nSPS) is 14.6. The van der Waals surface area contributed by atoms with E-state index >= 15 is 0 Å². The number of piperazine rings is 1. The number of fused-ring (bicyclic) bond motifs is 1. The molecule has 1 saturated heterocycles. The summed E-state index contributed by atoms with van der Waals surface area (Å²) in [7, 11) is 0. The van der Waals surface area contributed by atoms with Crippen LogP contribution in [0.4, 0.5) is 5.69 Å². The zero-order valence-corrected chi connectivity index (χ0v) is 19.2. The minimum Gasteiger partial charge on any atom is -0.394 e. The first kappa shape index (κ1) is 23.4. The lowest BCUT2D eigenvalue weighted by Crippen LogP contribution is -2.56. The Hall–Kier alpha value is -3.71. The number of aliphatic hydroxyl groups excluding tert-OH is 1. The van der Waals surface area contributed by atoms with E-state index in [4.69, 9.17) is 0 Å². The molecular formula is C27H29N3O4. The molecule has 0 aliphatic carbocycles. The number of ketones is 1. The van der Waals surface area contributed by atoms with Crippen LogP contribution in [-0.2, 0) is 16.0 Å². The number of carbonyl (C=O) groups excluding carboxylic acids is 3. The number of Topliss-reactive ketones (excluding diaryl/α,β-unsaturated/α-hetero) is 1. The highest BCUT2D eigenvalue weighted by atomic mass is 16.3. The number of anilines is 1. The van der Waals surface area contributed by atoms with Gasteiger partial charge in [-0.15, -0.1) is 0 Å². The maximum Gasteiger partial charge on any atom is 0.247 e. The van der Waals surface area contributed by atoms with Crippen LogP contribution in [0.3, 0.4) is 0 Å². The molecular weight excluding hydrogens is 430 g/mol. The molecule has 0 radical (unpaired) electrons. The number of hydrogen-bond donors (Lipinski definition) is 2. The van der Waals surface area contributed by atoms with Crippen molar-refractivity contribution in [2.75, 3.05) is 37.7 Å². The number of carbonyl (C=O) groups is 3. The average molecular weight is 460 g/mol. The predicted molar refractivity (Wildman–Crippen MR) is 132 cm³/mol. The molecule has 0 saturated carbocycles. The van der Waals surface area contributed by atoms with Gasteiger partial charge in [0.05, 0.1) is 13.0 Å². The van der Waals surface area contributed by atoms with E-state index in [0.717, 1.165) is 22.0 Å². The molecule has 1 fully saturated rings. The summed E-state index contributed by atoms with van der Waals surface area (Å²) in [5.41, 5.74) is 2.55. The fourth-order valence-electron chi connectivity index (χ4n) is 4.36. The van der Waals surface area contributed by atoms with Crippen molar-refractivity contribution in [2.45, 2.75) is 19.4 Å². The highest BCUT2D eigenvalue weighted by Crippen LogP contribution is 2.20. The highest BCUT2D eigenvalue weighted by molar-refractivity contribution is 5.94.